The van der Waals surface area contributed by atoms with Crippen molar-refractivity contribution in [3.05, 3.63) is 71.6 Å². The molecule has 2 aliphatic heterocycles. The van der Waals surface area contributed by atoms with Crippen LogP contribution in [0.2, 0.25) is 0 Å². The van der Waals surface area contributed by atoms with Crippen LogP contribution in [0.4, 0.5) is 0 Å². The summed E-state index contributed by atoms with van der Waals surface area (Å²) in [7, 11) is 2.04. The summed E-state index contributed by atoms with van der Waals surface area (Å²) in [6, 6.07) is 14.0. The zero-order valence-electron chi connectivity index (χ0n) is 19.9. The van der Waals surface area contributed by atoms with Crippen molar-refractivity contribution in [2.75, 3.05) is 26.7 Å². The first kappa shape index (κ1) is 23.1. The van der Waals surface area contributed by atoms with E-state index in [1.807, 2.05) is 13.1 Å². The Hall–Kier alpha value is -3.04. The van der Waals surface area contributed by atoms with Gasteiger partial charge in [-0.3, -0.25) is 9.91 Å². The van der Waals surface area contributed by atoms with Crippen molar-refractivity contribution >= 4 is 5.71 Å². The highest BCUT2D eigenvalue weighted by Gasteiger charge is 2.27. The third kappa shape index (κ3) is 5.85. The highest BCUT2D eigenvalue weighted by atomic mass is 15.5. The standard InChI is InChI=1S/C27H36N6/c1-20(33-14-12-24(13-15-33)30-25-11-7-8-22(16-25)18-28)19-29-21(2)26-17-27(32(3)31-26)23-9-5-4-6-10-23/h4-6,9-11,16,20,24,27,29-30H,2,7-8,12-15,17,19H2,1,3H3. The topological polar surface area (TPSA) is 66.7 Å². The van der Waals surface area contributed by atoms with Crippen LogP contribution in [-0.2, 0) is 0 Å². The second-order valence-corrected chi connectivity index (χ2v) is 9.39. The second kappa shape index (κ2) is 10.7. The van der Waals surface area contributed by atoms with Crippen LogP contribution in [0.3, 0.4) is 0 Å². The molecule has 2 unspecified atom stereocenters. The number of piperidine rings is 1. The summed E-state index contributed by atoms with van der Waals surface area (Å²) >= 11 is 0. The van der Waals surface area contributed by atoms with Crippen molar-refractivity contribution in [1.29, 1.82) is 5.26 Å². The van der Waals surface area contributed by atoms with Gasteiger partial charge in [0.05, 0.1) is 23.5 Å². The first-order chi connectivity index (χ1) is 16.0. The van der Waals surface area contributed by atoms with Crippen molar-refractivity contribution in [3.63, 3.8) is 0 Å². The largest absolute Gasteiger partial charge is 0.382 e. The zero-order valence-corrected chi connectivity index (χ0v) is 19.9. The Morgan fingerprint density at radius 2 is 2.03 bits per heavy atom. The van der Waals surface area contributed by atoms with Crippen molar-refractivity contribution in [2.45, 2.75) is 57.2 Å². The number of hydrogen-bond donors (Lipinski definition) is 2. The molecule has 0 amide bonds. The predicted octanol–water partition coefficient (Wildman–Crippen LogP) is 4.09. The molecule has 3 aliphatic rings. The molecule has 0 aromatic heterocycles. The summed E-state index contributed by atoms with van der Waals surface area (Å²) < 4.78 is 0. The van der Waals surface area contributed by atoms with E-state index in [-0.39, 0.29) is 6.04 Å². The third-order valence-corrected chi connectivity index (χ3v) is 7.03. The SMILES string of the molecule is C=C(NCC(C)N1CCC(NC2=CCCC(C#N)=C2)CC1)C1=NN(C)C(c2ccccc2)C1. The average molecular weight is 445 g/mol. The number of nitrogens with zero attached hydrogens (tertiary/aromatic N) is 4. The molecule has 1 aromatic carbocycles. The molecule has 6 heteroatoms. The second-order valence-electron chi connectivity index (χ2n) is 9.39. The first-order valence-corrected chi connectivity index (χ1v) is 12.1. The van der Waals surface area contributed by atoms with Crippen molar-refractivity contribution in [3.8, 4) is 6.07 Å². The van der Waals surface area contributed by atoms with Gasteiger partial charge in [-0.05, 0) is 44.2 Å². The maximum Gasteiger partial charge on any atom is 0.0947 e. The molecule has 6 nitrogen and oxygen atoms in total. The quantitative estimate of drug-likeness (QED) is 0.632. The number of allylic oxidation sites excluding steroid dienone is 4. The highest BCUT2D eigenvalue weighted by molar-refractivity contribution is 6.00. The molecule has 1 aliphatic carbocycles. The third-order valence-electron chi connectivity index (χ3n) is 7.03. The van der Waals surface area contributed by atoms with Gasteiger partial charge in [0.15, 0.2) is 0 Å². The Morgan fingerprint density at radius 3 is 2.76 bits per heavy atom. The lowest BCUT2D eigenvalue weighted by Gasteiger charge is -2.37. The Balaban J connectivity index is 1.20. The molecule has 1 aromatic rings. The monoisotopic (exact) mass is 444 g/mol. The fourth-order valence-corrected chi connectivity index (χ4v) is 4.92. The van der Waals surface area contributed by atoms with Crippen LogP contribution in [0.1, 0.15) is 50.6 Å². The number of nitriles is 1. The zero-order chi connectivity index (χ0) is 23.2. The number of nitrogens with one attached hydrogen (secondary N) is 2. The van der Waals surface area contributed by atoms with E-state index < -0.39 is 0 Å². The van der Waals surface area contributed by atoms with Gasteiger partial charge in [0.2, 0.25) is 0 Å². The van der Waals surface area contributed by atoms with E-state index in [2.05, 4.69) is 76.5 Å². The van der Waals surface area contributed by atoms with Gasteiger partial charge in [0.1, 0.15) is 0 Å². The molecule has 0 saturated carbocycles. The number of rotatable bonds is 8. The van der Waals surface area contributed by atoms with Crippen LogP contribution in [-0.4, -0.2) is 54.4 Å². The van der Waals surface area contributed by atoms with E-state index in [0.29, 0.717) is 12.1 Å². The van der Waals surface area contributed by atoms with E-state index >= 15 is 0 Å². The number of likely N-dealkylation sites (tertiary alicyclic amines) is 1. The van der Waals surface area contributed by atoms with Crippen LogP contribution in [0.25, 0.3) is 0 Å². The van der Waals surface area contributed by atoms with Gasteiger partial charge in [-0.2, -0.15) is 10.4 Å². The van der Waals surface area contributed by atoms with Crippen molar-refractivity contribution < 1.29 is 0 Å². The summed E-state index contributed by atoms with van der Waals surface area (Å²) in [5.74, 6) is 0. The number of benzene rings is 1. The fraction of sp³-hybridized carbons (Fsp3) is 0.481. The Bertz CT molecular complexity index is 962. The average Bonchev–Trinajstić information content (AvgIpc) is 3.25. The van der Waals surface area contributed by atoms with Crippen LogP contribution in [0, 0.1) is 11.3 Å². The number of hydrazone groups is 1. The van der Waals surface area contributed by atoms with E-state index in [9.17, 15) is 0 Å². The summed E-state index contributed by atoms with van der Waals surface area (Å²) in [6.07, 6.45) is 9.18. The smallest absolute Gasteiger partial charge is 0.0947 e. The normalized spacial score (nSPS) is 22.6. The van der Waals surface area contributed by atoms with Gasteiger partial charge < -0.3 is 10.6 Å². The molecule has 1 saturated heterocycles. The predicted molar refractivity (Wildman–Crippen MR) is 134 cm³/mol. The molecular weight excluding hydrogens is 408 g/mol. The van der Waals surface area contributed by atoms with E-state index in [1.54, 1.807) is 0 Å². The van der Waals surface area contributed by atoms with Crippen LogP contribution in [0.5, 0.6) is 0 Å². The Labute approximate surface area is 198 Å². The summed E-state index contributed by atoms with van der Waals surface area (Å²) in [6.45, 7) is 9.59. The summed E-state index contributed by atoms with van der Waals surface area (Å²) in [5.41, 5.74) is 5.28. The molecule has 0 bridgehead atoms. The van der Waals surface area contributed by atoms with Crippen molar-refractivity contribution in [1.82, 2.24) is 20.5 Å². The van der Waals surface area contributed by atoms with Crippen molar-refractivity contribution in [2.24, 2.45) is 5.10 Å². The van der Waals surface area contributed by atoms with Crippen LogP contribution in [0.15, 0.2) is 71.1 Å². The first-order valence-electron chi connectivity index (χ1n) is 12.1. The lowest BCUT2D eigenvalue weighted by atomic mass is 10.00. The van der Waals surface area contributed by atoms with Gasteiger partial charge in [-0.1, -0.05) is 43.0 Å². The number of hydrogen-bond acceptors (Lipinski definition) is 6. The lowest BCUT2D eigenvalue weighted by Crippen LogP contribution is -2.48. The molecule has 1 fully saturated rings. The minimum Gasteiger partial charge on any atom is -0.382 e. The Morgan fingerprint density at radius 1 is 1.27 bits per heavy atom. The highest BCUT2D eigenvalue weighted by Crippen LogP contribution is 2.30. The van der Waals surface area contributed by atoms with Gasteiger partial charge >= 0.3 is 0 Å². The summed E-state index contributed by atoms with van der Waals surface area (Å²) in [5, 5.41) is 23.1. The van der Waals surface area contributed by atoms with E-state index in [4.69, 9.17) is 10.4 Å². The van der Waals surface area contributed by atoms with Gasteiger partial charge in [-0.15, -0.1) is 0 Å². The van der Waals surface area contributed by atoms with Crippen LogP contribution >= 0.6 is 0 Å². The molecular formula is C27H36N6. The maximum absolute atomic E-state index is 9.15. The molecule has 2 atom stereocenters. The molecule has 0 radical (unpaired) electrons. The minimum absolute atomic E-state index is 0.280. The Kier molecular flexibility index (Phi) is 7.51. The molecule has 4 rings (SSSR count). The van der Waals surface area contributed by atoms with Gasteiger partial charge in [0, 0.05) is 56.5 Å². The van der Waals surface area contributed by atoms with E-state index in [0.717, 1.165) is 74.4 Å². The fourth-order valence-electron chi connectivity index (χ4n) is 4.92. The minimum atomic E-state index is 0.280. The molecule has 33 heavy (non-hydrogen) atoms. The van der Waals surface area contributed by atoms with Gasteiger partial charge in [0.25, 0.3) is 0 Å². The molecule has 2 heterocycles. The molecule has 0 spiro atoms. The van der Waals surface area contributed by atoms with Crippen LogP contribution < -0.4 is 10.6 Å². The summed E-state index contributed by atoms with van der Waals surface area (Å²) in [4.78, 5) is 2.56. The molecule has 2 N–H and O–H groups in total. The lowest BCUT2D eigenvalue weighted by molar-refractivity contribution is 0.155. The van der Waals surface area contributed by atoms with Gasteiger partial charge in [-0.25, -0.2) is 0 Å². The maximum atomic E-state index is 9.15. The molecule has 174 valence electrons. The van der Waals surface area contributed by atoms with E-state index in [1.165, 1.54) is 5.56 Å².